The summed E-state index contributed by atoms with van der Waals surface area (Å²) >= 11 is 0. The van der Waals surface area contributed by atoms with Gasteiger partial charge in [0.2, 0.25) is 0 Å². The number of nitrogens with one attached hydrogen (secondary N) is 2. The Morgan fingerprint density at radius 2 is 1.91 bits per heavy atom. The molecule has 0 saturated heterocycles. The van der Waals surface area contributed by atoms with Crippen LogP contribution in [0, 0.1) is 13.8 Å². The number of rotatable bonds is 4. The van der Waals surface area contributed by atoms with E-state index in [4.69, 9.17) is 0 Å². The van der Waals surface area contributed by atoms with E-state index in [2.05, 4.69) is 20.0 Å². The van der Waals surface area contributed by atoms with Crippen LogP contribution in [0.4, 0.5) is 5.69 Å². The Bertz CT molecular complexity index is 860. The SMILES string of the molecule is Cc1n[nH]c(C)c1S(=O)(=O)Nc1ccc(-n2cccn2)cc1. The first-order chi connectivity index (χ1) is 10.5. The Kier molecular flexibility index (Phi) is 3.45. The van der Waals surface area contributed by atoms with Crippen LogP contribution in [0.5, 0.6) is 0 Å². The number of hydrogen-bond donors (Lipinski definition) is 2. The summed E-state index contributed by atoms with van der Waals surface area (Å²) in [5, 5.41) is 10.7. The van der Waals surface area contributed by atoms with Crippen molar-refractivity contribution < 1.29 is 8.42 Å². The van der Waals surface area contributed by atoms with Crippen molar-refractivity contribution in [3.8, 4) is 5.69 Å². The minimum absolute atomic E-state index is 0.184. The quantitative estimate of drug-likeness (QED) is 0.770. The number of sulfonamides is 1. The molecule has 2 heterocycles. The van der Waals surface area contributed by atoms with Gasteiger partial charge in [0.1, 0.15) is 4.90 Å². The molecule has 0 bridgehead atoms. The normalized spacial score (nSPS) is 11.5. The molecule has 0 aliphatic heterocycles. The lowest BCUT2D eigenvalue weighted by molar-refractivity contribution is 0.600. The number of aryl methyl sites for hydroxylation is 2. The predicted molar refractivity (Wildman–Crippen MR) is 82.4 cm³/mol. The predicted octanol–water partition coefficient (Wildman–Crippen LogP) is 2.01. The fourth-order valence-electron chi connectivity index (χ4n) is 2.25. The van der Waals surface area contributed by atoms with E-state index in [1.807, 2.05) is 12.3 Å². The van der Waals surface area contributed by atoms with Crippen molar-refractivity contribution in [2.24, 2.45) is 0 Å². The van der Waals surface area contributed by atoms with E-state index in [0.29, 0.717) is 17.1 Å². The van der Waals surface area contributed by atoms with Gasteiger partial charge in [0.25, 0.3) is 10.0 Å². The summed E-state index contributed by atoms with van der Waals surface area (Å²) in [6.45, 7) is 3.33. The second kappa shape index (κ2) is 5.30. The number of nitrogens with zero attached hydrogens (tertiary/aromatic N) is 3. The minimum atomic E-state index is -3.66. The van der Waals surface area contributed by atoms with Crippen molar-refractivity contribution in [2.45, 2.75) is 18.7 Å². The number of aromatic amines is 1. The molecule has 0 spiro atoms. The second-order valence-corrected chi connectivity index (χ2v) is 6.49. The van der Waals surface area contributed by atoms with Crippen LogP contribution >= 0.6 is 0 Å². The van der Waals surface area contributed by atoms with E-state index in [1.165, 1.54) is 0 Å². The van der Waals surface area contributed by atoms with Crippen LogP contribution in [0.1, 0.15) is 11.4 Å². The molecule has 0 radical (unpaired) electrons. The van der Waals surface area contributed by atoms with Crippen molar-refractivity contribution in [3.63, 3.8) is 0 Å². The van der Waals surface area contributed by atoms with Crippen molar-refractivity contribution in [3.05, 3.63) is 54.1 Å². The molecule has 1 aromatic carbocycles. The van der Waals surface area contributed by atoms with Crippen LogP contribution in [0.3, 0.4) is 0 Å². The average Bonchev–Trinajstić information content (AvgIpc) is 3.09. The van der Waals surface area contributed by atoms with Gasteiger partial charge < -0.3 is 0 Å². The zero-order chi connectivity index (χ0) is 15.7. The van der Waals surface area contributed by atoms with E-state index in [9.17, 15) is 8.42 Å². The smallest absolute Gasteiger partial charge is 0.265 e. The summed E-state index contributed by atoms with van der Waals surface area (Å²) in [5.74, 6) is 0. The first-order valence-electron chi connectivity index (χ1n) is 6.62. The van der Waals surface area contributed by atoms with Crippen LogP contribution in [0.2, 0.25) is 0 Å². The summed E-state index contributed by atoms with van der Waals surface area (Å²) in [6.07, 6.45) is 3.50. The van der Waals surface area contributed by atoms with Crippen LogP contribution in [-0.4, -0.2) is 28.4 Å². The maximum absolute atomic E-state index is 12.4. The lowest BCUT2D eigenvalue weighted by Gasteiger charge is -2.09. The highest BCUT2D eigenvalue weighted by Crippen LogP contribution is 2.21. The Morgan fingerprint density at radius 3 is 2.45 bits per heavy atom. The third kappa shape index (κ3) is 2.60. The molecule has 2 aromatic heterocycles. The maximum atomic E-state index is 12.4. The first kappa shape index (κ1) is 14.3. The van der Waals surface area contributed by atoms with Crippen molar-refractivity contribution in [2.75, 3.05) is 4.72 Å². The molecular weight excluding hydrogens is 302 g/mol. The molecule has 0 aliphatic rings. The minimum Gasteiger partial charge on any atom is -0.281 e. The van der Waals surface area contributed by atoms with Crippen molar-refractivity contribution in [1.29, 1.82) is 0 Å². The first-order valence-corrected chi connectivity index (χ1v) is 8.10. The van der Waals surface area contributed by atoms with Gasteiger partial charge in [-0.3, -0.25) is 9.82 Å². The summed E-state index contributed by atoms with van der Waals surface area (Å²) in [4.78, 5) is 0.184. The fourth-order valence-corrected chi connectivity index (χ4v) is 3.68. The van der Waals surface area contributed by atoms with Gasteiger partial charge in [-0.2, -0.15) is 10.2 Å². The van der Waals surface area contributed by atoms with Crippen molar-refractivity contribution in [1.82, 2.24) is 20.0 Å². The average molecular weight is 317 g/mol. The number of benzene rings is 1. The molecule has 114 valence electrons. The molecule has 7 nitrogen and oxygen atoms in total. The number of anilines is 1. The molecule has 22 heavy (non-hydrogen) atoms. The van der Waals surface area contributed by atoms with Crippen LogP contribution in [0.25, 0.3) is 5.69 Å². The van der Waals surface area contributed by atoms with Crippen molar-refractivity contribution >= 4 is 15.7 Å². The van der Waals surface area contributed by atoms with Crippen LogP contribution < -0.4 is 4.72 Å². The van der Waals surface area contributed by atoms with Gasteiger partial charge >= 0.3 is 0 Å². The van der Waals surface area contributed by atoms with E-state index < -0.39 is 10.0 Å². The van der Waals surface area contributed by atoms with E-state index in [0.717, 1.165) is 5.69 Å². The molecule has 3 aromatic rings. The lowest BCUT2D eigenvalue weighted by Crippen LogP contribution is -2.14. The molecule has 0 aliphatic carbocycles. The highest BCUT2D eigenvalue weighted by atomic mass is 32.2. The molecule has 0 saturated carbocycles. The zero-order valence-electron chi connectivity index (χ0n) is 12.1. The molecule has 0 fully saturated rings. The standard InChI is InChI=1S/C14H15N5O2S/c1-10-14(11(2)17-16-10)22(20,21)18-12-4-6-13(7-5-12)19-9-3-8-15-19/h3-9,18H,1-2H3,(H,16,17). The monoisotopic (exact) mass is 317 g/mol. The zero-order valence-corrected chi connectivity index (χ0v) is 12.9. The van der Waals surface area contributed by atoms with E-state index in [-0.39, 0.29) is 4.90 Å². The molecule has 0 atom stereocenters. The topological polar surface area (TPSA) is 92.7 Å². The highest BCUT2D eigenvalue weighted by molar-refractivity contribution is 7.92. The van der Waals surface area contributed by atoms with Gasteiger partial charge in [-0.1, -0.05) is 0 Å². The summed E-state index contributed by atoms with van der Waals surface area (Å²) in [5.41, 5.74) is 2.29. The molecule has 0 amide bonds. The Labute approximate surface area is 128 Å². The van der Waals surface area contributed by atoms with Gasteiger partial charge in [0, 0.05) is 18.1 Å². The third-order valence-electron chi connectivity index (χ3n) is 3.22. The van der Waals surface area contributed by atoms with Crippen LogP contribution in [-0.2, 0) is 10.0 Å². The third-order valence-corrected chi connectivity index (χ3v) is 4.86. The van der Waals surface area contributed by atoms with Gasteiger partial charge in [0.15, 0.2) is 0 Å². The van der Waals surface area contributed by atoms with Gasteiger partial charge in [0.05, 0.1) is 17.1 Å². The largest absolute Gasteiger partial charge is 0.281 e. The molecular formula is C14H15N5O2S. The Hall–Kier alpha value is -2.61. The second-order valence-electron chi connectivity index (χ2n) is 4.87. The maximum Gasteiger partial charge on any atom is 0.265 e. The van der Waals surface area contributed by atoms with E-state index in [1.54, 1.807) is 49.0 Å². The number of aromatic nitrogens is 4. The highest BCUT2D eigenvalue weighted by Gasteiger charge is 2.22. The summed E-state index contributed by atoms with van der Waals surface area (Å²) in [6, 6.07) is 8.79. The Balaban J connectivity index is 1.87. The molecule has 8 heteroatoms. The number of H-pyrrole nitrogens is 1. The van der Waals surface area contributed by atoms with Gasteiger partial charge in [-0.25, -0.2) is 13.1 Å². The summed E-state index contributed by atoms with van der Waals surface area (Å²) in [7, 11) is -3.66. The molecule has 2 N–H and O–H groups in total. The van der Waals surface area contributed by atoms with Gasteiger partial charge in [-0.15, -0.1) is 0 Å². The molecule has 3 rings (SSSR count). The van der Waals surface area contributed by atoms with E-state index >= 15 is 0 Å². The van der Waals surface area contributed by atoms with Crippen LogP contribution in [0.15, 0.2) is 47.6 Å². The van der Waals surface area contributed by atoms with Gasteiger partial charge in [-0.05, 0) is 44.2 Å². The lowest BCUT2D eigenvalue weighted by atomic mass is 10.3. The fraction of sp³-hybridized carbons (Fsp3) is 0.143. The number of hydrogen-bond acceptors (Lipinski definition) is 4. The molecule has 0 unspecified atom stereocenters. The Morgan fingerprint density at radius 1 is 1.18 bits per heavy atom. The summed E-state index contributed by atoms with van der Waals surface area (Å²) < 4.78 is 29.1.